The Kier molecular flexibility index (Phi) is 9.25. The van der Waals surface area contributed by atoms with Crippen LogP contribution in [0.25, 0.3) is 0 Å². The fourth-order valence-electron chi connectivity index (χ4n) is 6.24. The predicted molar refractivity (Wildman–Crippen MR) is 137 cm³/mol. The number of halogens is 4. The molecule has 2 aliphatic rings. The normalized spacial score (nSPS) is 23.8. The summed E-state index contributed by atoms with van der Waals surface area (Å²) >= 11 is 0. The Morgan fingerprint density at radius 1 is 1.05 bits per heavy atom. The highest BCUT2D eigenvalue weighted by atomic mass is 19.4. The average Bonchev–Trinajstić information content (AvgIpc) is 2.92. The summed E-state index contributed by atoms with van der Waals surface area (Å²) < 4.78 is 58.2. The van der Waals surface area contributed by atoms with Crippen LogP contribution in [0.2, 0.25) is 0 Å². The molecule has 6 nitrogen and oxygen atoms in total. The SMILES string of the molecule is CCOC(=O)C1CCN(C2CCC(CC(c3ccc(F)cc3)[N+](=O)[O-])CC2c2ccc(C(F)(F)F)cc2)CC1. The van der Waals surface area contributed by atoms with Gasteiger partial charge in [-0.2, -0.15) is 13.2 Å². The molecule has 4 atom stereocenters. The van der Waals surface area contributed by atoms with Crippen molar-refractivity contribution in [1.29, 1.82) is 0 Å². The fourth-order valence-corrected chi connectivity index (χ4v) is 6.24. The topological polar surface area (TPSA) is 72.7 Å². The Hall–Kier alpha value is -3.01. The minimum Gasteiger partial charge on any atom is -0.466 e. The zero-order chi connectivity index (χ0) is 28.2. The van der Waals surface area contributed by atoms with Crippen molar-refractivity contribution < 1.29 is 32.0 Å². The largest absolute Gasteiger partial charge is 0.466 e. The first-order valence-corrected chi connectivity index (χ1v) is 13.5. The van der Waals surface area contributed by atoms with Crippen molar-refractivity contribution >= 4 is 5.97 Å². The lowest BCUT2D eigenvalue weighted by molar-refractivity contribution is -0.531. The molecule has 0 N–H and O–H groups in total. The van der Waals surface area contributed by atoms with Gasteiger partial charge >= 0.3 is 12.1 Å². The molecule has 0 aromatic heterocycles. The summed E-state index contributed by atoms with van der Waals surface area (Å²) in [5, 5.41) is 11.9. The van der Waals surface area contributed by atoms with E-state index in [2.05, 4.69) is 4.90 Å². The molecule has 1 aliphatic carbocycles. The summed E-state index contributed by atoms with van der Waals surface area (Å²) in [6.07, 6.45) is -0.763. The van der Waals surface area contributed by atoms with E-state index in [-0.39, 0.29) is 41.1 Å². The molecule has 4 unspecified atom stereocenters. The summed E-state index contributed by atoms with van der Waals surface area (Å²) in [5.74, 6) is -0.933. The summed E-state index contributed by atoms with van der Waals surface area (Å²) in [7, 11) is 0. The van der Waals surface area contributed by atoms with Crippen LogP contribution < -0.4 is 0 Å². The smallest absolute Gasteiger partial charge is 0.416 e. The molecule has 1 aliphatic heterocycles. The third-order valence-electron chi connectivity index (χ3n) is 8.27. The second-order valence-electron chi connectivity index (χ2n) is 10.6. The van der Waals surface area contributed by atoms with Gasteiger partial charge in [-0.1, -0.05) is 12.1 Å². The van der Waals surface area contributed by atoms with E-state index in [1.54, 1.807) is 6.92 Å². The molecule has 2 aromatic rings. The first-order valence-electron chi connectivity index (χ1n) is 13.5. The first-order chi connectivity index (χ1) is 18.6. The van der Waals surface area contributed by atoms with Crippen molar-refractivity contribution in [2.75, 3.05) is 19.7 Å². The predicted octanol–water partition coefficient (Wildman–Crippen LogP) is 6.78. The maximum Gasteiger partial charge on any atom is 0.416 e. The molecule has 10 heteroatoms. The van der Waals surface area contributed by atoms with Crippen LogP contribution in [0.1, 0.15) is 74.1 Å². The van der Waals surface area contributed by atoms with Crippen molar-refractivity contribution in [3.05, 3.63) is 81.2 Å². The van der Waals surface area contributed by atoms with E-state index in [0.29, 0.717) is 44.5 Å². The van der Waals surface area contributed by atoms with Gasteiger partial charge in [0.2, 0.25) is 6.04 Å². The molecule has 39 heavy (non-hydrogen) atoms. The number of ether oxygens (including phenoxy) is 1. The summed E-state index contributed by atoms with van der Waals surface area (Å²) in [6, 6.07) is 9.63. The number of nitrogens with zero attached hydrogens (tertiary/aromatic N) is 2. The average molecular weight is 551 g/mol. The fraction of sp³-hybridized carbons (Fsp3) is 0.552. The summed E-state index contributed by atoms with van der Waals surface area (Å²) in [4.78, 5) is 26.1. The van der Waals surface area contributed by atoms with Gasteiger partial charge in [-0.25, -0.2) is 4.39 Å². The van der Waals surface area contributed by atoms with Crippen molar-refractivity contribution in [3.8, 4) is 0 Å². The highest BCUT2D eigenvalue weighted by Crippen LogP contribution is 2.44. The number of carbonyl (C=O) groups is 1. The standard InChI is InChI=1S/C29H34F4N2O4/c1-2-39-28(36)22-13-15-34(16-14-22)26-12-3-19(18-27(35(37)38)21-6-10-24(30)11-7-21)17-25(26)20-4-8-23(9-5-20)29(31,32)33/h4-11,19,22,25-27H,2-3,12-18H2,1H3. The van der Waals surface area contributed by atoms with Gasteiger partial charge in [-0.15, -0.1) is 0 Å². The first kappa shape index (κ1) is 29.0. The van der Waals surface area contributed by atoms with Crippen molar-refractivity contribution in [2.45, 2.75) is 69.6 Å². The molecule has 2 fully saturated rings. The van der Waals surface area contributed by atoms with E-state index in [4.69, 9.17) is 4.74 Å². The van der Waals surface area contributed by atoms with Crippen LogP contribution in [0.5, 0.6) is 0 Å². The van der Waals surface area contributed by atoms with E-state index >= 15 is 0 Å². The number of hydrogen-bond acceptors (Lipinski definition) is 5. The van der Waals surface area contributed by atoms with E-state index in [1.165, 1.54) is 36.4 Å². The van der Waals surface area contributed by atoms with Gasteiger partial charge in [0.15, 0.2) is 0 Å². The summed E-state index contributed by atoms with van der Waals surface area (Å²) in [6.45, 7) is 3.48. The van der Waals surface area contributed by atoms with E-state index in [9.17, 15) is 32.5 Å². The van der Waals surface area contributed by atoms with Gasteiger partial charge in [0, 0.05) is 22.9 Å². The summed E-state index contributed by atoms with van der Waals surface area (Å²) in [5.41, 5.74) is 0.510. The van der Waals surface area contributed by atoms with E-state index < -0.39 is 23.6 Å². The lowest BCUT2D eigenvalue weighted by atomic mass is 9.71. The zero-order valence-electron chi connectivity index (χ0n) is 21.9. The molecule has 0 spiro atoms. The second kappa shape index (κ2) is 12.4. The third-order valence-corrected chi connectivity index (χ3v) is 8.27. The zero-order valence-corrected chi connectivity index (χ0v) is 21.9. The number of hydrogen-bond donors (Lipinski definition) is 0. The van der Waals surface area contributed by atoms with Crippen molar-refractivity contribution in [3.63, 3.8) is 0 Å². The van der Waals surface area contributed by atoms with Crippen molar-refractivity contribution in [1.82, 2.24) is 4.90 Å². The Labute approximate surface area is 225 Å². The molecule has 1 saturated carbocycles. The minimum atomic E-state index is -4.43. The molecule has 4 rings (SSSR count). The van der Waals surface area contributed by atoms with Gasteiger partial charge in [0.05, 0.1) is 18.1 Å². The van der Waals surface area contributed by atoms with Crippen LogP contribution in [-0.2, 0) is 15.7 Å². The number of carbonyl (C=O) groups excluding carboxylic acids is 1. The van der Waals surface area contributed by atoms with Crippen LogP contribution in [-0.4, -0.2) is 41.5 Å². The molecule has 0 bridgehead atoms. The van der Waals surface area contributed by atoms with E-state index in [1.807, 2.05) is 0 Å². The second-order valence-corrected chi connectivity index (χ2v) is 10.6. The van der Waals surface area contributed by atoms with Crippen LogP contribution in [0, 0.1) is 27.8 Å². The quantitative estimate of drug-likeness (QED) is 0.157. The molecular weight excluding hydrogens is 516 g/mol. The molecule has 0 radical (unpaired) electrons. The number of benzene rings is 2. The van der Waals surface area contributed by atoms with Gasteiger partial charge in [-0.05, 0) is 106 Å². The van der Waals surface area contributed by atoms with Gasteiger partial charge in [-0.3, -0.25) is 19.8 Å². The number of esters is 1. The monoisotopic (exact) mass is 550 g/mol. The molecular formula is C29H34F4N2O4. The number of alkyl halides is 3. The van der Waals surface area contributed by atoms with Crippen LogP contribution in [0.4, 0.5) is 17.6 Å². The minimum absolute atomic E-state index is 0.0222. The maximum absolute atomic E-state index is 13.4. The third kappa shape index (κ3) is 7.15. The molecule has 2 aromatic carbocycles. The Bertz CT molecular complexity index is 1120. The van der Waals surface area contributed by atoms with Gasteiger partial charge < -0.3 is 4.74 Å². The Morgan fingerprint density at radius 2 is 1.69 bits per heavy atom. The molecule has 212 valence electrons. The highest BCUT2D eigenvalue weighted by Gasteiger charge is 2.40. The molecule has 1 saturated heterocycles. The number of piperidine rings is 1. The number of nitro groups is 1. The van der Waals surface area contributed by atoms with Gasteiger partial charge in [0.1, 0.15) is 5.82 Å². The van der Waals surface area contributed by atoms with Crippen LogP contribution in [0.15, 0.2) is 48.5 Å². The van der Waals surface area contributed by atoms with Crippen LogP contribution in [0.3, 0.4) is 0 Å². The number of rotatable bonds is 8. The Morgan fingerprint density at radius 3 is 2.26 bits per heavy atom. The van der Waals surface area contributed by atoms with Gasteiger partial charge in [0.25, 0.3) is 0 Å². The Balaban J connectivity index is 1.53. The van der Waals surface area contributed by atoms with Crippen LogP contribution >= 0.6 is 0 Å². The van der Waals surface area contributed by atoms with Crippen molar-refractivity contribution in [2.24, 2.45) is 11.8 Å². The lowest BCUT2D eigenvalue weighted by Gasteiger charge is -2.45. The molecule has 0 amide bonds. The highest BCUT2D eigenvalue weighted by molar-refractivity contribution is 5.72. The maximum atomic E-state index is 13.4. The molecule has 1 heterocycles. The van der Waals surface area contributed by atoms with E-state index in [0.717, 1.165) is 30.5 Å². The number of likely N-dealkylation sites (tertiary alicyclic amines) is 1. The lowest BCUT2D eigenvalue weighted by Crippen LogP contribution is -2.47.